The lowest BCUT2D eigenvalue weighted by Crippen LogP contribution is -2.24. The molecule has 16 heavy (non-hydrogen) atoms. The summed E-state index contributed by atoms with van der Waals surface area (Å²) in [6.07, 6.45) is 1.54. The molecule has 0 aliphatic heterocycles. The van der Waals surface area contributed by atoms with Gasteiger partial charge in [0.25, 0.3) is 5.56 Å². The van der Waals surface area contributed by atoms with Crippen molar-refractivity contribution < 1.29 is 0 Å². The van der Waals surface area contributed by atoms with Crippen molar-refractivity contribution in [3.8, 4) is 0 Å². The predicted octanol–water partition coefficient (Wildman–Crippen LogP) is 0.432. The smallest absolute Gasteiger partial charge is 0.327 e. The van der Waals surface area contributed by atoms with Crippen molar-refractivity contribution in [2.75, 3.05) is 5.32 Å². The molecule has 0 aliphatic carbocycles. The Balaban J connectivity index is 2.77. The Labute approximate surface area is 90.7 Å². The molecule has 0 spiro atoms. The fourth-order valence-corrected chi connectivity index (χ4v) is 1.52. The number of H-pyrrole nitrogens is 2. The Morgan fingerprint density at radius 2 is 2.06 bits per heavy atom. The Bertz CT molecular complexity index is 626. The van der Waals surface area contributed by atoms with Crippen LogP contribution in [0.1, 0.15) is 13.8 Å². The van der Waals surface area contributed by atoms with Gasteiger partial charge < -0.3 is 5.32 Å². The molecule has 0 aliphatic rings. The van der Waals surface area contributed by atoms with Crippen LogP contribution in [-0.4, -0.2) is 21.0 Å². The Morgan fingerprint density at radius 1 is 1.31 bits per heavy atom. The number of aromatic amines is 2. The largest absolute Gasteiger partial charge is 0.382 e. The molecule has 0 saturated carbocycles. The van der Waals surface area contributed by atoms with E-state index in [4.69, 9.17) is 0 Å². The SMILES string of the molecule is CC(C)Nc1ccnc2[nH]c(=O)[nH]c(=O)c12. The number of pyridine rings is 1. The molecular formula is C10H12N4O2. The number of nitrogens with one attached hydrogen (secondary N) is 3. The summed E-state index contributed by atoms with van der Waals surface area (Å²) in [6.45, 7) is 3.93. The number of hydrogen-bond acceptors (Lipinski definition) is 4. The van der Waals surface area contributed by atoms with E-state index in [2.05, 4.69) is 20.3 Å². The molecule has 0 unspecified atom stereocenters. The lowest BCUT2D eigenvalue weighted by Gasteiger charge is -2.10. The van der Waals surface area contributed by atoms with Crippen LogP contribution in [-0.2, 0) is 0 Å². The molecule has 0 saturated heterocycles. The van der Waals surface area contributed by atoms with Crippen LogP contribution in [0.4, 0.5) is 5.69 Å². The number of nitrogens with zero attached hydrogens (tertiary/aromatic N) is 1. The van der Waals surface area contributed by atoms with Gasteiger partial charge in [-0.3, -0.25) is 14.8 Å². The van der Waals surface area contributed by atoms with Crippen molar-refractivity contribution in [3.05, 3.63) is 33.1 Å². The van der Waals surface area contributed by atoms with E-state index in [9.17, 15) is 9.59 Å². The average molecular weight is 220 g/mol. The number of fused-ring (bicyclic) bond motifs is 1. The molecule has 3 N–H and O–H groups in total. The van der Waals surface area contributed by atoms with E-state index < -0.39 is 11.2 Å². The van der Waals surface area contributed by atoms with E-state index in [0.29, 0.717) is 16.7 Å². The maximum absolute atomic E-state index is 11.6. The van der Waals surface area contributed by atoms with Gasteiger partial charge in [0.15, 0.2) is 0 Å². The summed E-state index contributed by atoms with van der Waals surface area (Å²) in [7, 11) is 0. The van der Waals surface area contributed by atoms with Gasteiger partial charge in [0.05, 0.1) is 5.69 Å². The summed E-state index contributed by atoms with van der Waals surface area (Å²) < 4.78 is 0. The molecule has 84 valence electrons. The van der Waals surface area contributed by atoms with Crippen LogP contribution in [0.15, 0.2) is 21.9 Å². The second kappa shape index (κ2) is 3.80. The fraction of sp³-hybridized carbons (Fsp3) is 0.300. The molecule has 6 nitrogen and oxygen atoms in total. The van der Waals surface area contributed by atoms with Crippen LogP contribution in [0.5, 0.6) is 0 Å². The molecule has 0 fully saturated rings. The van der Waals surface area contributed by atoms with Crippen LogP contribution in [0.2, 0.25) is 0 Å². The molecular weight excluding hydrogens is 208 g/mol. The topological polar surface area (TPSA) is 90.6 Å². The third-order valence-electron chi connectivity index (χ3n) is 2.08. The van der Waals surface area contributed by atoms with E-state index in [1.165, 1.54) is 0 Å². The summed E-state index contributed by atoms with van der Waals surface area (Å²) in [4.78, 5) is 31.3. The first kappa shape index (κ1) is 10.4. The summed E-state index contributed by atoms with van der Waals surface area (Å²) in [5, 5.41) is 3.50. The van der Waals surface area contributed by atoms with Gasteiger partial charge in [0.2, 0.25) is 0 Å². The highest BCUT2D eigenvalue weighted by Crippen LogP contribution is 2.15. The third-order valence-corrected chi connectivity index (χ3v) is 2.08. The maximum atomic E-state index is 11.6. The van der Waals surface area contributed by atoms with Crippen LogP contribution in [0.3, 0.4) is 0 Å². The van der Waals surface area contributed by atoms with Gasteiger partial charge in [0.1, 0.15) is 11.0 Å². The Morgan fingerprint density at radius 3 is 2.75 bits per heavy atom. The van der Waals surface area contributed by atoms with E-state index in [0.717, 1.165) is 0 Å². The lowest BCUT2D eigenvalue weighted by atomic mass is 10.2. The van der Waals surface area contributed by atoms with Crippen LogP contribution >= 0.6 is 0 Å². The second-order valence-corrected chi connectivity index (χ2v) is 3.79. The normalized spacial score (nSPS) is 10.9. The van der Waals surface area contributed by atoms with Crippen molar-refractivity contribution in [2.45, 2.75) is 19.9 Å². The fourth-order valence-electron chi connectivity index (χ4n) is 1.52. The number of rotatable bonds is 2. The molecule has 2 heterocycles. The molecule has 0 aromatic carbocycles. The summed E-state index contributed by atoms with van der Waals surface area (Å²) in [5.41, 5.74) is -0.0291. The third kappa shape index (κ3) is 1.81. The standard InChI is InChI=1S/C10H12N4O2/c1-5(2)12-6-3-4-11-8-7(6)9(15)14-10(16)13-8/h3-5H,1-2H3,(H3,11,12,13,14,15,16). The van der Waals surface area contributed by atoms with E-state index in [-0.39, 0.29) is 6.04 Å². The van der Waals surface area contributed by atoms with Gasteiger partial charge in [-0.05, 0) is 19.9 Å². The minimum Gasteiger partial charge on any atom is -0.382 e. The van der Waals surface area contributed by atoms with Gasteiger partial charge in [-0.15, -0.1) is 0 Å². The molecule has 2 aromatic heterocycles. The monoisotopic (exact) mass is 220 g/mol. The van der Waals surface area contributed by atoms with Crippen LogP contribution < -0.4 is 16.6 Å². The molecule has 2 aromatic rings. The highest BCUT2D eigenvalue weighted by atomic mass is 16.2. The first-order chi connectivity index (χ1) is 7.58. The number of aromatic nitrogens is 3. The molecule has 6 heteroatoms. The van der Waals surface area contributed by atoms with Crippen molar-refractivity contribution in [1.29, 1.82) is 0 Å². The quantitative estimate of drug-likeness (QED) is 0.684. The van der Waals surface area contributed by atoms with Crippen molar-refractivity contribution in [1.82, 2.24) is 15.0 Å². The van der Waals surface area contributed by atoms with E-state index >= 15 is 0 Å². The zero-order valence-corrected chi connectivity index (χ0v) is 9.00. The predicted molar refractivity (Wildman–Crippen MR) is 61.7 cm³/mol. The average Bonchev–Trinajstić information content (AvgIpc) is 2.15. The highest BCUT2D eigenvalue weighted by Gasteiger charge is 2.07. The molecule has 2 rings (SSSR count). The second-order valence-electron chi connectivity index (χ2n) is 3.79. The zero-order valence-electron chi connectivity index (χ0n) is 9.00. The minimum absolute atomic E-state index is 0.192. The maximum Gasteiger partial charge on any atom is 0.327 e. The lowest BCUT2D eigenvalue weighted by molar-refractivity contribution is 0.900. The van der Waals surface area contributed by atoms with Gasteiger partial charge in [-0.1, -0.05) is 0 Å². The first-order valence-corrected chi connectivity index (χ1v) is 4.96. The Kier molecular flexibility index (Phi) is 2.47. The number of hydrogen-bond donors (Lipinski definition) is 3. The zero-order chi connectivity index (χ0) is 11.7. The van der Waals surface area contributed by atoms with E-state index in [1.54, 1.807) is 12.3 Å². The van der Waals surface area contributed by atoms with Gasteiger partial charge in [-0.2, -0.15) is 0 Å². The number of anilines is 1. The van der Waals surface area contributed by atoms with Gasteiger partial charge in [0, 0.05) is 12.2 Å². The van der Waals surface area contributed by atoms with Crippen LogP contribution in [0.25, 0.3) is 11.0 Å². The van der Waals surface area contributed by atoms with Gasteiger partial charge in [-0.25, -0.2) is 9.78 Å². The molecule has 0 radical (unpaired) electrons. The summed E-state index contributed by atoms with van der Waals surface area (Å²) in [6, 6.07) is 1.90. The van der Waals surface area contributed by atoms with Gasteiger partial charge >= 0.3 is 5.69 Å². The minimum atomic E-state index is -0.549. The summed E-state index contributed by atoms with van der Waals surface area (Å²) >= 11 is 0. The molecule has 0 amide bonds. The summed E-state index contributed by atoms with van der Waals surface area (Å²) in [5.74, 6) is 0. The van der Waals surface area contributed by atoms with Crippen LogP contribution in [0, 0.1) is 0 Å². The highest BCUT2D eigenvalue weighted by molar-refractivity contribution is 5.87. The van der Waals surface area contributed by atoms with E-state index in [1.807, 2.05) is 13.8 Å². The van der Waals surface area contributed by atoms with Crippen molar-refractivity contribution >= 4 is 16.7 Å². The first-order valence-electron chi connectivity index (χ1n) is 4.96. The molecule has 0 bridgehead atoms. The Hall–Kier alpha value is -2.11. The van der Waals surface area contributed by atoms with Crippen molar-refractivity contribution in [2.24, 2.45) is 0 Å². The van der Waals surface area contributed by atoms with Crippen molar-refractivity contribution in [3.63, 3.8) is 0 Å². The molecule has 0 atom stereocenters.